The molecule has 0 bridgehead atoms. The second-order valence-corrected chi connectivity index (χ2v) is 7.99. The molecule has 0 aliphatic carbocycles. The lowest BCUT2D eigenvalue weighted by atomic mass is 10.1. The van der Waals surface area contributed by atoms with Crippen molar-refractivity contribution >= 4 is 46.1 Å². The fourth-order valence-corrected chi connectivity index (χ4v) is 3.86. The van der Waals surface area contributed by atoms with Gasteiger partial charge in [0.05, 0.1) is 21.8 Å². The average molecular weight is 452 g/mol. The highest BCUT2D eigenvalue weighted by molar-refractivity contribution is 6.42. The van der Waals surface area contributed by atoms with E-state index in [0.29, 0.717) is 10.0 Å². The number of phenols is 1. The van der Waals surface area contributed by atoms with Crippen molar-refractivity contribution in [2.75, 3.05) is 0 Å². The maximum absolute atomic E-state index is 12.5. The van der Waals surface area contributed by atoms with Gasteiger partial charge in [-0.15, -0.1) is 0 Å². The van der Waals surface area contributed by atoms with Crippen LogP contribution in [0.1, 0.15) is 27.3 Å². The van der Waals surface area contributed by atoms with Crippen molar-refractivity contribution in [2.24, 2.45) is 5.10 Å². The lowest BCUT2D eigenvalue weighted by Crippen LogP contribution is -2.17. The highest BCUT2D eigenvalue weighted by atomic mass is 35.5. The third-order valence-electron chi connectivity index (χ3n) is 5.11. The molecule has 3 aromatic carbocycles. The Balaban J connectivity index is 1.56. The van der Waals surface area contributed by atoms with Gasteiger partial charge in [-0.3, -0.25) is 4.79 Å². The molecule has 0 fully saturated rings. The first-order chi connectivity index (χ1) is 14.8. The summed E-state index contributed by atoms with van der Waals surface area (Å²) in [6.07, 6.45) is 1.58. The summed E-state index contributed by atoms with van der Waals surface area (Å²) in [6, 6.07) is 18.1. The molecular weight excluding hydrogens is 433 g/mol. The Bertz CT molecular complexity index is 1340. The van der Waals surface area contributed by atoms with Crippen LogP contribution in [-0.2, 0) is 0 Å². The van der Waals surface area contributed by atoms with E-state index in [1.165, 1.54) is 0 Å². The van der Waals surface area contributed by atoms with Gasteiger partial charge in [0.15, 0.2) is 0 Å². The molecule has 1 heterocycles. The van der Waals surface area contributed by atoms with Crippen molar-refractivity contribution in [3.63, 3.8) is 0 Å². The Hall–Kier alpha value is -3.28. The number of phenolic OH excluding ortho intramolecular Hbond substituents is 1. The van der Waals surface area contributed by atoms with Gasteiger partial charge in [-0.25, -0.2) is 5.43 Å². The van der Waals surface area contributed by atoms with Gasteiger partial charge >= 0.3 is 0 Å². The van der Waals surface area contributed by atoms with Crippen LogP contribution in [0.15, 0.2) is 65.8 Å². The topological polar surface area (TPSA) is 66.6 Å². The minimum absolute atomic E-state index is 0.0933. The Morgan fingerprint density at radius 2 is 1.71 bits per heavy atom. The van der Waals surface area contributed by atoms with Gasteiger partial charge in [-0.05, 0) is 61.0 Å². The molecule has 0 unspecified atom stereocenters. The molecule has 0 radical (unpaired) electrons. The molecule has 0 aliphatic heterocycles. The summed E-state index contributed by atoms with van der Waals surface area (Å²) in [5.74, 6) is -0.581. The number of nitrogens with one attached hydrogen (secondary N) is 1. The van der Waals surface area contributed by atoms with Crippen LogP contribution in [0.2, 0.25) is 10.0 Å². The molecule has 7 heteroatoms. The van der Waals surface area contributed by atoms with Crippen molar-refractivity contribution in [1.29, 1.82) is 0 Å². The normalized spacial score (nSPS) is 11.4. The molecule has 1 amide bonds. The summed E-state index contributed by atoms with van der Waals surface area (Å²) in [5.41, 5.74) is 6.29. The second-order valence-electron chi connectivity index (χ2n) is 7.18. The zero-order chi connectivity index (χ0) is 22.1. The quantitative estimate of drug-likeness (QED) is 0.294. The zero-order valence-electron chi connectivity index (χ0n) is 16.9. The fourth-order valence-electron chi connectivity index (χ4n) is 3.57. The minimum Gasteiger partial charge on any atom is -0.507 e. The molecule has 5 nitrogen and oxygen atoms in total. The summed E-state index contributed by atoms with van der Waals surface area (Å²) in [4.78, 5) is 12.5. The first-order valence-electron chi connectivity index (χ1n) is 9.54. The first-order valence-corrected chi connectivity index (χ1v) is 10.3. The Kier molecular flexibility index (Phi) is 5.72. The van der Waals surface area contributed by atoms with E-state index in [0.717, 1.165) is 33.4 Å². The molecule has 0 aliphatic rings. The van der Waals surface area contributed by atoms with Crippen LogP contribution in [0.3, 0.4) is 0 Å². The van der Waals surface area contributed by atoms with Gasteiger partial charge in [0, 0.05) is 22.6 Å². The highest BCUT2D eigenvalue weighted by Gasteiger charge is 2.13. The average Bonchev–Trinajstić information content (AvgIpc) is 3.02. The standard InChI is InChI=1S/C24H19Cl2N3O2/c1-14-9-18(15(2)29(14)19-7-8-21(25)22(26)12-19)13-27-28-24(31)20-10-16-5-3-4-6-17(16)11-23(20)30/h3-13,30H,1-2H3,(H,28,31)/b27-13+. The van der Waals surface area contributed by atoms with Crippen molar-refractivity contribution in [1.82, 2.24) is 9.99 Å². The third kappa shape index (κ3) is 4.15. The molecule has 1 aromatic heterocycles. The van der Waals surface area contributed by atoms with Gasteiger partial charge in [-0.2, -0.15) is 5.10 Å². The summed E-state index contributed by atoms with van der Waals surface area (Å²) < 4.78 is 2.03. The molecule has 0 atom stereocenters. The monoisotopic (exact) mass is 451 g/mol. The van der Waals surface area contributed by atoms with Crippen molar-refractivity contribution in [3.8, 4) is 11.4 Å². The number of hydrogen-bond donors (Lipinski definition) is 2. The van der Waals surface area contributed by atoms with Gasteiger partial charge in [-0.1, -0.05) is 47.5 Å². The summed E-state index contributed by atoms with van der Waals surface area (Å²) in [7, 11) is 0. The van der Waals surface area contributed by atoms with E-state index in [2.05, 4.69) is 10.5 Å². The number of fused-ring (bicyclic) bond motifs is 1. The van der Waals surface area contributed by atoms with Crippen LogP contribution in [0.4, 0.5) is 0 Å². The predicted octanol–water partition coefficient (Wildman–Crippen LogP) is 6.02. The largest absolute Gasteiger partial charge is 0.507 e. The van der Waals surface area contributed by atoms with Gasteiger partial charge < -0.3 is 9.67 Å². The van der Waals surface area contributed by atoms with Crippen LogP contribution in [-0.4, -0.2) is 21.8 Å². The number of amides is 1. The number of aromatic hydroxyl groups is 1. The Labute approximate surface area is 189 Å². The van der Waals surface area contributed by atoms with E-state index in [4.69, 9.17) is 23.2 Å². The van der Waals surface area contributed by atoms with E-state index in [1.807, 2.05) is 54.8 Å². The first kappa shape index (κ1) is 21.0. The minimum atomic E-state index is -0.488. The van der Waals surface area contributed by atoms with E-state index in [1.54, 1.807) is 30.5 Å². The van der Waals surface area contributed by atoms with Crippen molar-refractivity contribution < 1.29 is 9.90 Å². The zero-order valence-corrected chi connectivity index (χ0v) is 18.4. The molecule has 156 valence electrons. The second kappa shape index (κ2) is 8.46. The lowest BCUT2D eigenvalue weighted by molar-refractivity contribution is 0.0952. The van der Waals surface area contributed by atoms with E-state index in [-0.39, 0.29) is 11.3 Å². The van der Waals surface area contributed by atoms with Crippen LogP contribution < -0.4 is 5.43 Å². The number of carbonyl (C=O) groups excluding carboxylic acids is 1. The Morgan fingerprint density at radius 3 is 2.42 bits per heavy atom. The number of rotatable bonds is 4. The molecule has 0 saturated carbocycles. The van der Waals surface area contributed by atoms with E-state index < -0.39 is 5.91 Å². The SMILES string of the molecule is Cc1cc(/C=N/NC(=O)c2cc3ccccc3cc2O)c(C)n1-c1ccc(Cl)c(Cl)c1. The number of aryl methyl sites for hydroxylation is 1. The number of carbonyl (C=O) groups is 1. The van der Waals surface area contributed by atoms with Crippen LogP contribution >= 0.6 is 23.2 Å². The third-order valence-corrected chi connectivity index (χ3v) is 5.85. The van der Waals surface area contributed by atoms with Gasteiger partial charge in [0.2, 0.25) is 0 Å². The smallest absolute Gasteiger partial charge is 0.275 e. The molecule has 4 aromatic rings. The summed E-state index contributed by atoms with van der Waals surface area (Å²) in [6.45, 7) is 3.92. The number of hydrazone groups is 1. The number of hydrogen-bond acceptors (Lipinski definition) is 3. The number of nitrogens with zero attached hydrogens (tertiary/aromatic N) is 2. The van der Waals surface area contributed by atoms with Crippen molar-refractivity contribution in [3.05, 3.63) is 93.2 Å². The van der Waals surface area contributed by atoms with Crippen molar-refractivity contribution in [2.45, 2.75) is 13.8 Å². The summed E-state index contributed by atoms with van der Waals surface area (Å²) >= 11 is 12.2. The fraction of sp³-hybridized carbons (Fsp3) is 0.0833. The number of aromatic nitrogens is 1. The van der Waals surface area contributed by atoms with E-state index in [9.17, 15) is 9.90 Å². The maximum Gasteiger partial charge on any atom is 0.275 e. The maximum atomic E-state index is 12.5. The van der Waals surface area contributed by atoms with Gasteiger partial charge in [0.25, 0.3) is 5.91 Å². The number of benzene rings is 3. The lowest BCUT2D eigenvalue weighted by Gasteiger charge is -2.10. The van der Waals surface area contributed by atoms with Crippen LogP contribution in [0.25, 0.3) is 16.5 Å². The molecule has 0 spiro atoms. The molecule has 2 N–H and O–H groups in total. The number of halogens is 2. The summed E-state index contributed by atoms with van der Waals surface area (Å²) in [5, 5.41) is 17.0. The predicted molar refractivity (Wildman–Crippen MR) is 126 cm³/mol. The molecule has 0 saturated heterocycles. The van der Waals surface area contributed by atoms with Crippen LogP contribution in [0.5, 0.6) is 5.75 Å². The molecule has 31 heavy (non-hydrogen) atoms. The highest BCUT2D eigenvalue weighted by Crippen LogP contribution is 2.27. The Morgan fingerprint density at radius 1 is 1.00 bits per heavy atom. The molecule has 4 rings (SSSR count). The van der Waals surface area contributed by atoms with E-state index >= 15 is 0 Å². The molecular formula is C24H19Cl2N3O2. The van der Waals surface area contributed by atoms with Crippen LogP contribution in [0, 0.1) is 13.8 Å². The van der Waals surface area contributed by atoms with Gasteiger partial charge in [0.1, 0.15) is 5.75 Å².